The third-order valence-electron chi connectivity index (χ3n) is 5.00. The molecule has 1 atom stereocenters. The van der Waals surface area contributed by atoms with Crippen LogP contribution in [0, 0.1) is 0 Å². The minimum absolute atomic E-state index is 0.187. The number of amides is 1. The van der Waals surface area contributed by atoms with Crippen LogP contribution in [0.2, 0.25) is 5.02 Å². The quantitative estimate of drug-likeness (QED) is 0.412. The Morgan fingerprint density at radius 2 is 1.83 bits per heavy atom. The molecule has 4 aromatic rings. The monoisotopic (exact) mass is 438 g/mol. The fourth-order valence-electron chi connectivity index (χ4n) is 3.51. The fourth-order valence-corrected chi connectivity index (χ4v) is 4.58. The molecular weight excluding hydrogens is 420 g/mol. The summed E-state index contributed by atoms with van der Waals surface area (Å²) in [4.78, 5) is 24.5. The Balaban J connectivity index is 1.60. The van der Waals surface area contributed by atoms with Crippen LogP contribution in [0.1, 0.15) is 44.8 Å². The lowest BCUT2D eigenvalue weighted by molar-refractivity contribution is 0.0693. The number of halogens is 1. The van der Waals surface area contributed by atoms with Gasteiger partial charge >= 0.3 is 5.97 Å². The van der Waals surface area contributed by atoms with E-state index < -0.39 is 12.0 Å². The van der Waals surface area contributed by atoms with E-state index in [1.54, 1.807) is 31.2 Å². The van der Waals surface area contributed by atoms with E-state index in [-0.39, 0.29) is 11.5 Å². The second-order valence-electron chi connectivity index (χ2n) is 7.02. The van der Waals surface area contributed by atoms with Crippen molar-refractivity contribution in [3.63, 3.8) is 0 Å². The molecule has 0 radical (unpaired) electrons. The topological polar surface area (TPSA) is 71.3 Å². The van der Waals surface area contributed by atoms with E-state index in [0.29, 0.717) is 22.7 Å². The molecule has 4 rings (SSSR count). The number of rotatable bonds is 6. The van der Waals surface area contributed by atoms with Gasteiger partial charge in [0.25, 0.3) is 5.91 Å². The number of benzene rings is 2. The summed E-state index contributed by atoms with van der Waals surface area (Å²) in [5, 5.41) is 14.9. The lowest BCUT2D eigenvalue weighted by Crippen LogP contribution is -2.28. The van der Waals surface area contributed by atoms with Gasteiger partial charge < -0.3 is 15.0 Å². The molecular formula is C23H19ClN2O3S. The van der Waals surface area contributed by atoms with E-state index >= 15 is 0 Å². The molecule has 7 heteroatoms. The smallest absolute Gasteiger partial charge is 0.336 e. The molecule has 152 valence electrons. The van der Waals surface area contributed by atoms with Gasteiger partial charge in [-0.1, -0.05) is 41.9 Å². The van der Waals surface area contributed by atoms with Crippen molar-refractivity contribution in [2.45, 2.75) is 19.5 Å². The zero-order chi connectivity index (χ0) is 21.3. The summed E-state index contributed by atoms with van der Waals surface area (Å²) >= 11 is 7.48. The minimum atomic E-state index is -1.01. The number of fused-ring (bicyclic) bond motifs is 1. The Morgan fingerprint density at radius 1 is 1.10 bits per heavy atom. The average molecular weight is 439 g/mol. The highest BCUT2D eigenvalue weighted by atomic mass is 35.5. The highest BCUT2D eigenvalue weighted by molar-refractivity contribution is 7.17. The first-order valence-electron chi connectivity index (χ1n) is 9.38. The van der Waals surface area contributed by atoms with Crippen LogP contribution in [-0.4, -0.2) is 21.6 Å². The van der Waals surface area contributed by atoms with Gasteiger partial charge in [0.1, 0.15) is 0 Å². The molecule has 2 aromatic heterocycles. The van der Waals surface area contributed by atoms with Gasteiger partial charge in [0.2, 0.25) is 0 Å². The number of nitrogens with zero attached hydrogens (tertiary/aromatic N) is 1. The summed E-state index contributed by atoms with van der Waals surface area (Å²) in [6.45, 7) is 2.41. The predicted molar refractivity (Wildman–Crippen MR) is 120 cm³/mol. The SMILES string of the molecule is C[C@H](NC(=O)c1csc2ccn(Cc3ccc(Cl)cc3)c12)c1ccccc1C(=O)O. The molecule has 2 N–H and O–H groups in total. The van der Waals surface area contributed by atoms with Crippen molar-refractivity contribution in [2.24, 2.45) is 0 Å². The summed E-state index contributed by atoms with van der Waals surface area (Å²) in [7, 11) is 0. The lowest BCUT2D eigenvalue weighted by Gasteiger charge is -2.16. The molecule has 2 aromatic carbocycles. The number of nitrogens with one attached hydrogen (secondary N) is 1. The standard InChI is InChI=1S/C23H19ClN2O3S/c1-14(17-4-2-3-5-18(17)23(28)29)25-22(27)19-13-30-20-10-11-26(21(19)20)12-15-6-8-16(24)9-7-15/h2-11,13-14H,12H2,1H3,(H,25,27)(H,28,29)/t14-/m0/s1. The maximum Gasteiger partial charge on any atom is 0.336 e. The van der Waals surface area contributed by atoms with E-state index in [0.717, 1.165) is 15.8 Å². The number of aromatic nitrogens is 1. The third-order valence-corrected chi connectivity index (χ3v) is 6.19. The number of thiophene rings is 1. The first-order valence-corrected chi connectivity index (χ1v) is 10.6. The van der Waals surface area contributed by atoms with E-state index in [2.05, 4.69) is 5.32 Å². The van der Waals surface area contributed by atoms with E-state index in [9.17, 15) is 14.7 Å². The van der Waals surface area contributed by atoms with Crippen LogP contribution in [-0.2, 0) is 6.54 Å². The average Bonchev–Trinajstić information content (AvgIpc) is 3.32. The van der Waals surface area contributed by atoms with Crippen LogP contribution >= 0.6 is 22.9 Å². The Hall–Kier alpha value is -3.09. The Labute approximate surface area is 182 Å². The molecule has 0 fully saturated rings. The second kappa shape index (κ2) is 8.34. The highest BCUT2D eigenvalue weighted by Gasteiger charge is 2.21. The minimum Gasteiger partial charge on any atom is -0.478 e. The first-order chi connectivity index (χ1) is 14.4. The van der Waals surface area contributed by atoms with Crippen LogP contribution in [0.15, 0.2) is 66.2 Å². The van der Waals surface area contributed by atoms with Crippen LogP contribution < -0.4 is 5.32 Å². The number of carbonyl (C=O) groups excluding carboxylic acids is 1. The van der Waals surface area contributed by atoms with Gasteiger partial charge in [-0.25, -0.2) is 4.79 Å². The Morgan fingerprint density at radius 3 is 2.57 bits per heavy atom. The van der Waals surface area contributed by atoms with Gasteiger partial charge in [0.15, 0.2) is 0 Å². The summed E-state index contributed by atoms with van der Waals surface area (Å²) in [5.41, 5.74) is 3.28. The molecule has 0 aliphatic carbocycles. The molecule has 0 aliphatic heterocycles. The van der Waals surface area contributed by atoms with Gasteiger partial charge in [-0.15, -0.1) is 11.3 Å². The maximum absolute atomic E-state index is 13.0. The fraction of sp³-hybridized carbons (Fsp3) is 0.130. The van der Waals surface area contributed by atoms with Crippen molar-refractivity contribution in [2.75, 3.05) is 0 Å². The number of carboxylic acids is 1. The summed E-state index contributed by atoms with van der Waals surface area (Å²) < 4.78 is 3.06. The van der Waals surface area contributed by atoms with Crippen molar-refractivity contribution in [3.8, 4) is 0 Å². The van der Waals surface area contributed by atoms with Crippen LogP contribution in [0.4, 0.5) is 0 Å². The highest BCUT2D eigenvalue weighted by Crippen LogP contribution is 2.29. The number of carbonyl (C=O) groups is 2. The van der Waals surface area contributed by atoms with Crippen molar-refractivity contribution < 1.29 is 14.7 Å². The van der Waals surface area contributed by atoms with E-state index in [4.69, 9.17) is 11.6 Å². The summed E-state index contributed by atoms with van der Waals surface area (Å²) in [6.07, 6.45) is 1.97. The zero-order valence-electron chi connectivity index (χ0n) is 16.1. The largest absolute Gasteiger partial charge is 0.478 e. The van der Waals surface area contributed by atoms with Gasteiger partial charge in [-0.3, -0.25) is 4.79 Å². The van der Waals surface area contributed by atoms with Crippen molar-refractivity contribution in [3.05, 3.63) is 93.5 Å². The number of carboxylic acid groups (broad SMARTS) is 1. The molecule has 0 aliphatic rings. The third kappa shape index (κ3) is 3.97. The lowest BCUT2D eigenvalue weighted by atomic mass is 10.0. The Kier molecular flexibility index (Phi) is 5.61. The summed E-state index contributed by atoms with van der Waals surface area (Å²) in [6, 6.07) is 15.9. The normalized spacial score (nSPS) is 12.1. The molecule has 0 saturated carbocycles. The van der Waals surface area contributed by atoms with Gasteiger partial charge in [0, 0.05) is 23.1 Å². The van der Waals surface area contributed by atoms with E-state index in [1.165, 1.54) is 11.3 Å². The number of hydrogen-bond donors (Lipinski definition) is 2. The molecule has 30 heavy (non-hydrogen) atoms. The Bertz CT molecular complexity index is 1230. The summed E-state index contributed by atoms with van der Waals surface area (Å²) in [5.74, 6) is -1.24. The van der Waals surface area contributed by atoms with Crippen LogP contribution in [0.3, 0.4) is 0 Å². The zero-order valence-corrected chi connectivity index (χ0v) is 17.7. The second-order valence-corrected chi connectivity index (χ2v) is 8.37. The number of hydrogen-bond acceptors (Lipinski definition) is 3. The molecule has 0 saturated heterocycles. The van der Waals surface area contributed by atoms with Crippen molar-refractivity contribution in [1.29, 1.82) is 0 Å². The molecule has 0 unspecified atom stereocenters. The van der Waals surface area contributed by atoms with Crippen molar-refractivity contribution >= 4 is 45.0 Å². The van der Waals surface area contributed by atoms with Gasteiger partial charge in [-0.05, 0) is 42.3 Å². The van der Waals surface area contributed by atoms with Crippen LogP contribution in [0.25, 0.3) is 10.2 Å². The molecule has 0 bridgehead atoms. The predicted octanol–water partition coefficient (Wildman–Crippen LogP) is 5.59. The first kappa shape index (κ1) is 20.2. The van der Waals surface area contributed by atoms with Crippen LogP contribution in [0.5, 0.6) is 0 Å². The number of aromatic carboxylic acids is 1. The van der Waals surface area contributed by atoms with Gasteiger partial charge in [-0.2, -0.15) is 0 Å². The molecule has 0 spiro atoms. The molecule has 1 amide bonds. The molecule has 5 nitrogen and oxygen atoms in total. The maximum atomic E-state index is 13.0. The van der Waals surface area contributed by atoms with Gasteiger partial charge in [0.05, 0.1) is 27.4 Å². The van der Waals surface area contributed by atoms with E-state index in [1.807, 2.05) is 46.5 Å². The van der Waals surface area contributed by atoms with Crippen molar-refractivity contribution in [1.82, 2.24) is 9.88 Å². The molecule has 2 heterocycles.